The summed E-state index contributed by atoms with van der Waals surface area (Å²) in [6, 6.07) is 25.1. The van der Waals surface area contributed by atoms with Crippen molar-refractivity contribution in [2.24, 2.45) is 5.73 Å². The van der Waals surface area contributed by atoms with Crippen molar-refractivity contribution >= 4 is 29.6 Å². The normalized spacial score (nSPS) is 13.1. The first-order valence-electron chi connectivity index (χ1n) is 16.3. The molecule has 13 heteroatoms. The number of carbonyl (C=O) groups is 5. The summed E-state index contributed by atoms with van der Waals surface area (Å²) in [7, 11) is 0. The molecular weight excluding hydrogens is 654 g/mol. The molecule has 13 nitrogen and oxygen atoms in total. The van der Waals surface area contributed by atoms with Crippen molar-refractivity contribution in [3.8, 4) is 11.5 Å². The van der Waals surface area contributed by atoms with Crippen LogP contribution in [0.3, 0.4) is 0 Å². The predicted octanol–water partition coefficient (Wildman–Crippen LogP) is 1.35. The summed E-state index contributed by atoms with van der Waals surface area (Å²) in [6.45, 7) is -0.505. The molecule has 4 aromatic rings. The number of carbonyl (C=O) groups excluding carboxylic acids is 4. The number of phenolic OH excluding ortho intramolecular Hbond substituents is 2. The number of carboxylic acids is 1. The molecule has 0 saturated carbocycles. The Kier molecular flexibility index (Phi) is 13.7. The van der Waals surface area contributed by atoms with E-state index in [0.29, 0.717) is 22.3 Å². The molecule has 0 aliphatic rings. The minimum atomic E-state index is -1.29. The van der Waals surface area contributed by atoms with Crippen molar-refractivity contribution in [1.82, 2.24) is 21.3 Å². The Balaban J connectivity index is 1.48. The monoisotopic (exact) mass is 695 g/mol. The molecular formula is C38H41N5O8. The highest BCUT2D eigenvalue weighted by atomic mass is 16.4. The molecule has 4 atom stereocenters. The predicted molar refractivity (Wildman–Crippen MR) is 188 cm³/mol. The smallest absolute Gasteiger partial charge is 0.326 e. The fraction of sp³-hybridized carbons (Fsp3) is 0.237. The molecule has 0 fully saturated rings. The fourth-order valence-corrected chi connectivity index (χ4v) is 5.25. The first kappa shape index (κ1) is 37.6. The summed E-state index contributed by atoms with van der Waals surface area (Å²) in [5, 5.41) is 39.4. The molecule has 0 aliphatic heterocycles. The SMILES string of the molecule is N[C@@H](Cc1ccc(O)cc1)C(=O)NCC(=O)N[C@@H](Cc1ccc(O)cc1)C(=O)N[C@@H](Cc1ccccc1)C(=O)N[C@@H](Cc1ccccc1)C(=O)O. The van der Waals surface area contributed by atoms with Gasteiger partial charge in [-0.25, -0.2) is 4.79 Å². The third-order valence-corrected chi connectivity index (χ3v) is 7.99. The highest BCUT2D eigenvalue weighted by Crippen LogP contribution is 2.13. The van der Waals surface area contributed by atoms with Gasteiger partial charge in [0.1, 0.15) is 29.6 Å². The van der Waals surface area contributed by atoms with Crippen molar-refractivity contribution in [3.05, 3.63) is 131 Å². The maximum atomic E-state index is 13.8. The lowest BCUT2D eigenvalue weighted by Gasteiger charge is -2.25. The van der Waals surface area contributed by atoms with E-state index in [-0.39, 0.29) is 37.2 Å². The second-order valence-electron chi connectivity index (χ2n) is 12.0. The third-order valence-electron chi connectivity index (χ3n) is 7.99. The number of nitrogens with two attached hydrogens (primary N) is 1. The van der Waals surface area contributed by atoms with E-state index >= 15 is 0 Å². The van der Waals surface area contributed by atoms with Crippen LogP contribution in [0.2, 0.25) is 0 Å². The Bertz CT molecular complexity index is 1770. The molecule has 0 heterocycles. The summed E-state index contributed by atoms with van der Waals surface area (Å²) in [4.78, 5) is 65.3. The van der Waals surface area contributed by atoms with Crippen LogP contribution < -0.4 is 27.0 Å². The van der Waals surface area contributed by atoms with Crippen molar-refractivity contribution in [2.45, 2.75) is 49.9 Å². The van der Waals surface area contributed by atoms with Crippen molar-refractivity contribution in [2.75, 3.05) is 6.54 Å². The van der Waals surface area contributed by atoms with Crippen LogP contribution in [-0.2, 0) is 49.7 Å². The Morgan fingerprint density at radius 2 is 0.902 bits per heavy atom. The van der Waals surface area contributed by atoms with Gasteiger partial charge in [0.15, 0.2) is 0 Å². The zero-order valence-electron chi connectivity index (χ0n) is 27.7. The van der Waals surface area contributed by atoms with Gasteiger partial charge in [-0.3, -0.25) is 19.2 Å². The van der Waals surface area contributed by atoms with Crippen molar-refractivity contribution < 1.29 is 39.3 Å². The van der Waals surface area contributed by atoms with Crippen LogP contribution in [0.25, 0.3) is 0 Å². The summed E-state index contributed by atoms with van der Waals surface area (Å²) in [5.74, 6) is -3.98. The van der Waals surface area contributed by atoms with Crippen LogP contribution in [-0.4, -0.2) is 75.6 Å². The zero-order valence-corrected chi connectivity index (χ0v) is 27.7. The first-order chi connectivity index (χ1) is 24.5. The molecule has 4 rings (SSSR count). The maximum absolute atomic E-state index is 13.8. The minimum Gasteiger partial charge on any atom is -0.508 e. The molecule has 266 valence electrons. The van der Waals surface area contributed by atoms with Crippen LogP contribution in [0, 0.1) is 0 Å². The molecule has 4 aromatic carbocycles. The molecule has 51 heavy (non-hydrogen) atoms. The standard InChI is InChI=1S/C38H41N5O8/c39-30(19-26-11-15-28(44)16-12-26)35(47)40-23-34(46)41-31(21-27-13-17-29(45)18-14-27)36(48)42-32(20-24-7-3-1-4-8-24)37(49)43-33(38(50)51)22-25-9-5-2-6-10-25/h1-18,30-33,44-45H,19-23,39H2,(H,40,47)(H,41,46)(H,42,48)(H,43,49)(H,50,51)/t30-,31-,32-,33-/m0/s1. The molecule has 0 saturated heterocycles. The second-order valence-corrected chi connectivity index (χ2v) is 12.0. The summed E-state index contributed by atoms with van der Waals surface area (Å²) >= 11 is 0. The number of aromatic hydroxyl groups is 2. The summed E-state index contributed by atoms with van der Waals surface area (Å²) < 4.78 is 0. The van der Waals surface area contributed by atoms with Gasteiger partial charge < -0.3 is 42.3 Å². The molecule has 0 aromatic heterocycles. The number of nitrogens with one attached hydrogen (secondary N) is 4. The van der Waals surface area contributed by atoms with Crippen molar-refractivity contribution in [1.29, 1.82) is 0 Å². The number of phenols is 2. The van der Waals surface area contributed by atoms with E-state index in [2.05, 4.69) is 21.3 Å². The summed E-state index contributed by atoms with van der Waals surface area (Å²) in [5.41, 5.74) is 8.68. The summed E-state index contributed by atoms with van der Waals surface area (Å²) in [6.07, 6.45) is 0.138. The van der Waals surface area contributed by atoms with Gasteiger partial charge in [0.2, 0.25) is 23.6 Å². The highest BCUT2D eigenvalue weighted by molar-refractivity contribution is 5.94. The Hall–Kier alpha value is -6.21. The zero-order chi connectivity index (χ0) is 36.8. The largest absolute Gasteiger partial charge is 0.508 e. The number of amides is 4. The average Bonchev–Trinajstić information content (AvgIpc) is 3.12. The second kappa shape index (κ2) is 18.5. The number of aliphatic carboxylic acids is 1. The number of hydrogen-bond acceptors (Lipinski definition) is 8. The number of rotatable bonds is 17. The van der Waals surface area contributed by atoms with Crippen LogP contribution in [0.4, 0.5) is 0 Å². The van der Waals surface area contributed by atoms with E-state index in [1.54, 1.807) is 84.9 Å². The topological polar surface area (TPSA) is 220 Å². The van der Waals surface area contributed by atoms with Crippen LogP contribution in [0.1, 0.15) is 22.3 Å². The van der Waals surface area contributed by atoms with Gasteiger partial charge in [0.05, 0.1) is 12.6 Å². The number of carboxylic acid groups (broad SMARTS) is 1. The molecule has 0 unspecified atom stereocenters. The lowest BCUT2D eigenvalue weighted by Crippen LogP contribution is -2.58. The van der Waals surface area contributed by atoms with E-state index in [1.165, 1.54) is 24.3 Å². The number of hydrogen-bond donors (Lipinski definition) is 8. The first-order valence-corrected chi connectivity index (χ1v) is 16.3. The van der Waals surface area contributed by atoms with Crippen LogP contribution in [0.5, 0.6) is 11.5 Å². The fourth-order valence-electron chi connectivity index (χ4n) is 5.25. The Labute approximate surface area is 294 Å². The molecule has 4 amide bonds. The molecule has 0 spiro atoms. The Morgan fingerprint density at radius 1 is 0.510 bits per heavy atom. The average molecular weight is 696 g/mol. The van der Waals surface area contributed by atoms with Crippen LogP contribution in [0.15, 0.2) is 109 Å². The van der Waals surface area contributed by atoms with E-state index in [0.717, 1.165) is 0 Å². The lowest BCUT2D eigenvalue weighted by molar-refractivity contribution is -0.142. The molecule has 0 bridgehead atoms. The van der Waals surface area contributed by atoms with Gasteiger partial charge in [-0.15, -0.1) is 0 Å². The maximum Gasteiger partial charge on any atom is 0.326 e. The lowest BCUT2D eigenvalue weighted by atomic mass is 10.0. The van der Waals surface area contributed by atoms with Gasteiger partial charge in [-0.2, -0.15) is 0 Å². The van der Waals surface area contributed by atoms with Gasteiger partial charge in [0, 0.05) is 19.3 Å². The van der Waals surface area contributed by atoms with Gasteiger partial charge in [-0.05, 0) is 52.9 Å². The third kappa shape index (κ3) is 12.3. The molecule has 0 radical (unpaired) electrons. The van der Waals surface area contributed by atoms with E-state index in [9.17, 15) is 39.3 Å². The van der Waals surface area contributed by atoms with Gasteiger partial charge in [-0.1, -0.05) is 84.9 Å². The molecule has 9 N–H and O–H groups in total. The van der Waals surface area contributed by atoms with Crippen LogP contribution >= 0.6 is 0 Å². The number of benzene rings is 4. The van der Waals surface area contributed by atoms with E-state index in [1.807, 2.05) is 0 Å². The molecule has 0 aliphatic carbocycles. The highest BCUT2D eigenvalue weighted by Gasteiger charge is 2.30. The van der Waals surface area contributed by atoms with E-state index < -0.39 is 60.3 Å². The van der Waals surface area contributed by atoms with Gasteiger partial charge >= 0.3 is 5.97 Å². The quantitative estimate of drug-likeness (QED) is 0.0798. The minimum absolute atomic E-state index is 0.00164. The van der Waals surface area contributed by atoms with E-state index in [4.69, 9.17) is 5.73 Å². The van der Waals surface area contributed by atoms with Gasteiger partial charge in [0.25, 0.3) is 0 Å². The Morgan fingerprint density at radius 3 is 1.37 bits per heavy atom. The van der Waals surface area contributed by atoms with Crippen molar-refractivity contribution in [3.63, 3.8) is 0 Å².